The number of ether oxygens (including phenoxy) is 2. The minimum Gasteiger partial charge on any atom is -0.465 e. The monoisotopic (exact) mass is 384 g/mol. The number of carbonyl (C=O) groups is 4. The van der Waals surface area contributed by atoms with Crippen molar-refractivity contribution in [2.24, 2.45) is 0 Å². The van der Waals surface area contributed by atoms with E-state index in [1.165, 1.54) is 32.4 Å². The predicted molar refractivity (Wildman–Crippen MR) is 101 cm³/mol. The number of benzene rings is 2. The van der Waals surface area contributed by atoms with E-state index in [2.05, 4.69) is 20.1 Å². The van der Waals surface area contributed by atoms with Gasteiger partial charge in [-0.2, -0.15) is 0 Å². The molecule has 2 amide bonds. The third-order valence-electron chi connectivity index (χ3n) is 3.95. The van der Waals surface area contributed by atoms with Crippen molar-refractivity contribution in [2.75, 3.05) is 19.5 Å². The highest BCUT2D eigenvalue weighted by atomic mass is 16.5. The minimum atomic E-state index is -0.991. The summed E-state index contributed by atoms with van der Waals surface area (Å²) in [4.78, 5) is 48.1. The average molecular weight is 384 g/mol. The Balaban J connectivity index is 2.19. The van der Waals surface area contributed by atoms with Gasteiger partial charge in [0.05, 0.1) is 37.1 Å². The van der Waals surface area contributed by atoms with Crippen LogP contribution in [-0.2, 0) is 19.1 Å². The average Bonchev–Trinajstić information content (AvgIpc) is 2.72. The van der Waals surface area contributed by atoms with Gasteiger partial charge in [0.1, 0.15) is 0 Å². The van der Waals surface area contributed by atoms with Crippen molar-refractivity contribution in [1.29, 1.82) is 0 Å². The van der Waals surface area contributed by atoms with Crippen molar-refractivity contribution < 1.29 is 28.7 Å². The van der Waals surface area contributed by atoms with Crippen LogP contribution in [0.5, 0.6) is 0 Å². The molecule has 0 spiro atoms. The van der Waals surface area contributed by atoms with Gasteiger partial charge < -0.3 is 20.1 Å². The Morgan fingerprint density at radius 1 is 0.857 bits per heavy atom. The van der Waals surface area contributed by atoms with Crippen LogP contribution in [-0.4, -0.2) is 38.0 Å². The first kappa shape index (κ1) is 20.6. The number of methoxy groups -OCH3 is 2. The first-order chi connectivity index (χ1) is 13.4. The van der Waals surface area contributed by atoms with E-state index in [1.807, 2.05) is 30.3 Å². The lowest BCUT2D eigenvalue weighted by Crippen LogP contribution is -2.37. The van der Waals surface area contributed by atoms with Crippen molar-refractivity contribution in [3.05, 3.63) is 65.2 Å². The number of anilines is 1. The molecule has 0 aliphatic rings. The molecule has 0 aliphatic heterocycles. The lowest BCUT2D eigenvalue weighted by atomic mass is 10.1. The van der Waals surface area contributed by atoms with Gasteiger partial charge in [-0.15, -0.1) is 0 Å². The molecule has 2 aromatic rings. The molecule has 0 saturated carbocycles. The number of nitrogens with one attached hydrogen (secondary N) is 2. The summed E-state index contributed by atoms with van der Waals surface area (Å²) >= 11 is 0. The van der Waals surface area contributed by atoms with Crippen LogP contribution >= 0.6 is 0 Å². The summed E-state index contributed by atoms with van der Waals surface area (Å²) in [6, 6.07) is 12.6. The number of carbonyl (C=O) groups excluding carboxylic acids is 4. The van der Waals surface area contributed by atoms with Crippen LogP contribution in [0.2, 0.25) is 0 Å². The van der Waals surface area contributed by atoms with Gasteiger partial charge >= 0.3 is 23.8 Å². The first-order valence-corrected chi connectivity index (χ1v) is 8.34. The van der Waals surface area contributed by atoms with Crippen molar-refractivity contribution in [1.82, 2.24) is 5.32 Å². The van der Waals surface area contributed by atoms with Gasteiger partial charge in [-0.25, -0.2) is 9.59 Å². The van der Waals surface area contributed by atoms with Crippen molar-refractivity contribution >= 4 is 29.4 Å². The van der Waals surface area contributed by atoms with E-state index >= 15 is 0 Å². The molecule has 8 heteroatoms. The molecule has 28 heavy (non-hydrogen) atoms. The van der Waals surface area contributed by atoms with E-state index in [4.69, 9.17) is 0 Å². The van der Waals surface area contributed by atoms with E-state index < -0.39 is 29.8 Å². The zero-order valence-corrected chi connectivity index (χ0v) is 15.6. The zero-order chi connectivity index (χ0) is 20.7. The molecule has 0 aromatic heterocycles. The maximum Gasteiger partial charge on any atom is 0.339 e. The molecule has 1 atom stereocenters. The highest BCUT2D eigenvalue weighted by molar-refractivity contribution is 6.40. The summed E-state index contributed by atoms with van der Waals surface area (Å²) < 4.78 is 9.29. The molecule has 0 bridgehead atoms. The summed E-state index contributed by atoms with van der Waals surface area (Å²) in [7, 11) is 2.38. The predicted octanol–water partition coefficient (Wildman–Crippen LogP) is 2.08. The second-order valence-corrected chi connectivity index (χ2v) is 5.80. The summed E-state index contributed by atoms with van der Waals surface area (Å²) in [6.07, 6.45) is 0. The zero-order valence-electron chi connectivity index (χ0n) is 15.6. The third kappa shape index (κ3) is 4.94. The van der Waals surface area contributed by atoms with Crippen molar-refractivity contribution in [3.63, 3.8) is 0 Å². The molecular weight excluding hydrogens is 364 g/mol. The lowest BCUT2D eigenvalue weighted by Gasteiger charge is -2.15. The van der Waals surface area contributed by atoms with Crippen LogP contribution in [0, 0.1) is 0 Å². The molecule has 0 aliphatic carbocycles. The van der Waals surface area contributed by atoms with Crippen LogP contribution < -0.4 is 10.6 Å². The molecular formula is C20H20N2O6. The highest BCUT2D eigenvalue weighted by Crippen LogP contribution is 2.20. The second kappa shape index (κ2) is 9.31. The Kier molecular flexibility index (Phi) is 6.86. The van der Waals surface area contributed by atoms with Gasteiger partial charge in [-0.1, -0.05) is 30.3 Å². The largest absolute Gasteiger partial charge is 0.465 e. The van der Waals surface area contributed by atoms with Crippen LogP contribution in [0.25, 0.3) is 0 Å². The van der Waals surface area contributed by atoms with Crippen LogP contribution in [0.4, 0.5) is 5.69 Å². The summed E-state index contributed by atoms with van der Waals surface area (Å²) in [5.41, 5.74) is 0.879. The minimum absolute atomic E-state index is 0.00703. The van der Waals surface area contributed by atoms with Crippen molar-refractivity contribution in [3.8, 4) is 0 Å². The highest BCUT2D eigenvalue weighted by Gasteiger charge is 2.21. The smallest absolute Gasteiger partial charge is 0.339 e. The molecule has 2 aromatic carbocycles. The third-order valence-corrected chi connectivity index (χ3v) is 3.95. The molecule has 0 heterocycles. The second-order valence-electron chi connectivity index (χ2n) is 5.80. The maximum atomic E-state index is 12.3. The maximum absolute atomic E-state index is 12.3. The number of hydrogen-bond acceptors (Lipinski definition) is 6. The number of esters is 2. The summed E-state index contributed by atoms with van der Waals surface area (Å²) in [5, 5.41) is 4.91. The lowest BCUT2D eigenvalue weighted by molar-refractivity contribution is -0.136. The number of rotatable bonds is 5. The molecule has 8 nitrogen and oxygen atoms in total. The Labute approximate surface area is 161 Å². The molecule has 2 rings (SSSR count). The summed E-state index contributed by atoms with van der Waals surface area (Å²) in [5.74, 6) is -3.27. The van der Waals surface area contributed by atoms with E-state index in [0.717, 1.165) is 5.56 Å². The molecule has 1 unspecified atom stereocenters. The van der Waals surface area contributed by atoms with E-state index in [0.29, 0.717) is 0 Å². The van der Waals surface area contributed by atoms with E-state index in [9.17, 15) is 19.2 Å². The van der Waals surface area contributed by atoms with E-state index in [1.54, 1.807) is 6.92 Å². The molecule has 146 valence electrons. The fraction of sp³-hybridized carbons (Fsp3) is 0.200. The molecule has 0 radical (unpaired) electrons. The normalized spacial score (nSPS) is 11.1. The van der Waals surface area contributed by atoms with Gasteiger partial charge in [-0.3, -0.25) is 9.59 Å². The van der Waals surface area contributed by atoms with Gasteiger partial charge in [-0.05, 0) is 30.7 Å². The van der Waals surface area contributed by atoms with Crippen LogP contribution in [0.1, 0.15) is 39.2 Å². The molecule has 0 fully saturated rings. The fourth-order valence-corrected chi connectivity index (χ4v) is 2.45. The molecule has 0 saturated heterocycles. The number of hydrogen-bond donors (Lipinski definition) is 2. The van der Waals surface area contributed by atoms with Crippen molar-refractivity contribution in [2.45, 2.75) is 13.0 Å². The van der Waals surface area contributed by atoms with Gasteiger partial charge in [0.25, 0.3) is 0 Å². The van der Waals surface area contributed by atoms with Gasteiger partial charge in [0, 0.05) is 0 Å². The number of amides is 2. The quantitative estimate of drug-likeness (QED) is 0.603. The Hall–Kier alpha value is -3.68. The standard InChI is InChI=1S/C20H20N2O6/c1-12(13-7-5-4-6-8-13)21-17(23)18(24)22-16-11-14(19(25)27-2)9-10-15(16)20(26)28-3/h4-12H,1-3H3,(H,21,23)(H,22,24). The van der Waals surface area contributed by atoms with Crippen LogP contribution in [0.15, 0.2) is 48.5 Å². The SMILES string of the molecule is COC(=O)c1ccc(C(=O)OC)c(NC(=O)C(=O)NC(C)c2ccccc2)c1. The first-order valence-electron chi connectivity index (χ1n) is 8.34. The summed E-state index contributed by atoms with van der Waals surface area (Å²) in [6.45, 7) is 1.73. The fourth-order valence-electron chi connectivity index (χ4n) is 2.45. The Bertz CT molecular complexity index is 895. The Morgan fingerprint density at radius 2 is 1.50 bits per heavy atom. The van der Waals surface area contributed by atoms with E-state index in [-0.39, 0.29) is 16.8 Å². The van der Waals surface area contributed by atoms with Gasteiger partial charge in [0.2, 0.25) is 0 Å². The van der Waals surface area contributed by atoms with Gasteiger partial charge in [0.15, 0.2) is 0 Å². The molecule has 2 N–H and O–H groups in total. The van der Waals surface area contributed by atoms with Crippen LogP contribution in [0.3, 0.4) is 0 Å². The Morgan fingerprint density at radius 3 is 2.11 bits per heavy atom. The topological polar surface area (TPSA) is 111 Å².